The number of alkyl halides is 3. The average molecular weight is 706 g/mol. The number of oxime groups is 1. The minimum atomic E-state index is -5.44. The first kappa shape index (κ1) is 32.1. The van der Waals surface area contributed by atoms with Crippen molar-refractivity contribution in [2.75, 3.05) is 13.2 Å². The highest BCUT2D eigenvalue weighted by molar-refractivity contribution is 9.13. The van der Waals surface area contributed by atoms with E-state index >= 15 is 0 Å². The molecule has 0 aliphatic rings. The van der Waals surface area contributed by atoms with Gasteiger partial charge in [-0.3, -0.25) is 0 Å². The second-order valence-corrected chi connectivity index (χ2v) is 10.8. The lowest BCUT2D eigenvalue weighted by atomic mass is 10.1. The van der Waals surface area contributed by atoms with Gasteiger partial charge >= 0.3 is 18.1 Å². The van der Waals surface area contributed by atoms with Gasteiger partial charge in [0.2, 0.25) is 16.0 Å². The number of halogens is 5. The van der Waals surface area contributed by atoms with Crippen LogP contribution in [-0.2, 0) is 40.6 Å². The van der Waals surface area contributed by atoms with Crippen LogP contribution in [0.2, 0.25) is 0 Å². The van der Waals surface area contributed by atoms with Crippen molar-refractivity contribution in [1.82, 2.24) is 4.72 Å². The van der Waals surface area contributed by atoms with Gasteiger partial charge < -0.3 is 21.0 Å². The zero-order valence-electron chi connectivity index (χ0n) is 19.6. The number of ether oxygens (including phenoxy) is 1. The molecule has 214 valence electrons. The van der Waals surface area contributed by atoms with E-state index in [0.29, 0.717) is 26.7 Å². The first-order chi connectivity index (χ1) is 18.2. The molecular weight excluding hydrogens is 685 g/mol. The average Bonchev–Trinajstić information content (AvgIpc) is 2.85. The number of carbonyl (C=O) groups excluding carboxylic acids is 2. The number of rotatable bonds is 12. The van der Waals surface area contributed by atoms with Gasteiger partial charge in [-0.05, 0) is 79.3 Å². The largest absolute Gasteiger partial charge is 0.495 e. The Morgan fingerprint density at radius 3 is 2.26 bits per heavy atom. The van der Waals surface area contributed by atoms with Gasteiger partial charge in [0.15, 0.2) is 0 Å². The standard InChI is InChI=1S/C21H21Br2F3N4O8S/c22-15-7-6-14(11-16(15)23)39(33,34)30-17(18(31)37-38-19(32)21(24,25)26)10-12-2-4-13(5-3-12)35-8-1-9-36-29-20(27)28/h2-7,11,17,30H,1,8-10H2,(H4,27,28,29)/t17-/m0/s1. The van der Waals surface area contributed by atoms with Crippen molar-refractivity contribution in [1.29, 1.82) is 0 Å². The molecule has 0 radical (unpaired) electrons. The third-order valence-electron chi connectivity index (χ3n) is 4.40. The quantitative estimate of drug-likeness (QED) is 0.0977. The van der Waals surface area contributed by atoms with Crippen LogP contribution < -0.4 is 20.9 Å². The maximum atomic E-state index is 12.9. The molecule has 2 rings (SSSR count). The fourth-order valence-electron chi connectivity index (χ4n) is 2.65. The van der Waals surface area contributed by atoms with Crippen molar-refractivity contribution in [2.24, 2.45) is 16.6 Å². The molecular formula is C21H21Br2F3N4O8S. The summed E-state index contributed by atoms with van der Waals surface area (Å²) in [7, 11) is -4.39. The van der Waals surface area contributed by atoms with Crippen molar-refractivity contribution in [3.8, 4) is 5.75 Å². The van der Waals surface area contributed by atoms with Crippen LogP contribution >= 0.6 is 31.9 Å². The monoisotopic (exact) mass is 704 g/mol. The number of guanidine groups is 1. The summed E-state index contributed by atoms with van der Waals surface area (Å²) in [6, 6.07) is 8.08. The fraction of sp³-hybridized carbons (Fsp3) is 0.286. The van der Waals surface area contributed by atoms with Crippen LogP contribution in [0.25, 0.3) is 0 Å². The van der Waals surface area contributed by atoms with Gasteiger partial charge in [0.05, 0.1) is 11.5 Å². The highest BCUT2D eigenvalue weighted by Crippen LogP contribution is 2.26. The van der Waals surface area contributed by atoms with Crippen molar-refractivity contribution in [3.63, 3.8) is 0 Å². The summed E-state index contributed by atoms with van der Waals surface area (Å²) in [6.07, 6.45) is -5.38. The first-order valence-electron chi connectivity index (χ1n) is 10.6. The molecule has 12 nitrogen and oxygen atoms in total. The number of nitrogens with zero attached hydrogens (tertiary/aromatic N) is 1. The highest BCUT2D eigenvalue weighted by Gasteiger charge is 2.43. The number of carbonyl (C=O) groups is 2. The molecule has 1 atom stereocenters. The van der Waals surface area contributed by atoms with E-state index in [0.717, 1.165) is 0 Å². The number of nitrogens with one attached hydrogen (secondary N) is 1. The SMILES string of the molecule is NC(N)=NOCCCOc1ccc(C[C@H](NS(=O)(=O)c2ccc(Br)c(Br)c2)C(=O)OOC(=O)C(F)(F)F)cc1. The summed E-state index contributed by atoms with van der Waals surface area (Å²) >= 11 is 6.35. The molecule has 0 amide bonds. The van der Waals surface area contributed by atoms with Crippen molar-refractivity contribution < 1.29 is 50.5 Å². The Hall–Kier alpha value is -3.09. The molecule has 2 aromatic rings. The molecule has 0 saturated carbocycles. The molecule has 2 aromatic carbocycles. The van der Waals surface area contributed by atoms with Crippen molar-refractivity contribution in [3.05, 3.63) is 57.0 Å². The second-order valence-electron chi connectivity index (χ2n) is 7.42. The normalized spacial score (nSPS) is 12.2. The molecule has 0 unspecified atom stereocenters. The second kappa shape index (κ2) is 14.3. The van der Waals surface area contributed by atoms with E-state index in [4.69, 9.17) is 21.0 Å². The molecule has 0 bridgehead atoms. The minimum absolute atomic E-state index is 0.188. The van der Waals surface area contributed by atoms with Gasteiger partial charge in [0.1, 0.15) is 18.4 Å². The van der Waals surface area contributed by atoms with E-state index in [9.17, 15) is 31.2 Å². The van der Waals surface area contributed by atoms with Gasteiger partial charge in [-0.15, -0.1) is 0 Å². The van der Waals surface area contributed by atoms with Crippen LogP contribution in [0.5, 0.6) is 5.75 Å². The first-order valence-corrected chi connectivity index (χ1v) is 13.7. The Balaban J connectivity index is 2.13. The number of hydrogen-bond acceptors (Lipinski definition) is 9. The maximum Gasteiger partial charge on any atom is 0.495 e. The number of nitrogens with two attached hydrogens (primary N) is 2. The van der Waals surface area contributed by atoms with E-state index < -0.39 is 34.2 Å². The van der Waals surface area contributed by atoms with Gasteiger partial charge in [0, 0.05) is 15.4 Å². The Morgan fingerprint density at radius 1 is 1.00 bits per heavy atom. The number of sulfonamides is 1. The topological polar surface area (TPSA) is 182 Å². The van der Waals surface area contributed by atoms with E-state index in [1.54, 1.807) is 0 Å². The molecule has 39 heavy (non-hydrogen) atoms. The minimum Gasteiger partial charge on any atom is -0.493 e. The van der Waals surface area contributed by atoms with Crippen molar-refractivity contribution >= 4 is 59.8 Å². The Kier molecular flexibility index (Phi) is 11.8. The molecule has 5 N–H and O–H groups in total. The summed E-state index contributed by atoms with van der Waals surface area (Å²) in [5.74, 6) is -4.19. The van der Waals surface area contributed by atoms with Gasteiger partial charge in [-0.25, -0.2) is 27.8 Å². The van der Waals surface area contributed by atoms with E-state index in [1.807, 2.05) is 0 Å². The molecule has 0 aliphatic heterocycles. The molecule has 18 heteroatoms. The summed E-state index contributed by atoms with van der Waals surface area (Å²) in [5, 5.41) is 3.35. The lowest BCUT2D eigenvalue weighted by molar-refractivity contribution is -0.286. The zero-order chi connectivity index (χ0) is 29.2. The smallest absolute Gasteiger partial charge is 0.493 e. The summed E-state index contributed by atoms with van der Waals surface area (Å²) < 4.78 is 71.5. The Bertz CT molecular complexity index is 1290. The third kappa shape index (κ3) is 10.9. The zero-order valence-corrected chi connectivity index (χ0v) is 23.6. The van der Waals surface area contributed by atoms with E-state index in [-0.39, 0.29) is 30.5 Å². The fourth-order valence-corrected chi connectivity index (χ4v) is 4.64. The van der Waals surface area contributed by atoms with Crippen LogP contribution in [0.3, 0.4) is 0 Å². The molecule has 0 aromatic heterocycles. The molecule has 0 aliphatic carbocycles. The molecule has 0 spiro atoms. The summed E-state index contributed by atoms with van der Waals surface area (Å²) in [6.45, 7) is 0.426. The van der Waals surface area contributed by atoms with Crippen LogP contribution in [0.4, 0.5) is 13.2 Å². The number of benzene rings is 2. The van der Waals surface area contributed by atoms with Gasteiger partial charge in [-0.2, -0.15) is 17.9 Å². The highest BCUT2D eigenvalue weighted by atomic mass is 79.9. The van der Waals surface area contributed by atoms with Crippen molar-refractivity contribution in [2.45, 2.75) is 30.0 Å². The lowest BCUT2D eigenvalue weighted by Gasteiger charge is -2.17. The third-order valence-corrected chi connectivity index (χ3v) is 7.75. The van der Waals surface area contributed by atoms with Crippen LogP contribution in [0, 0.1) is 0 Å². The van der Waals surface area contributed by atoms with E-state index in [2.05, 4.69) is 51.5 Å². The number of hydrogen-bond donors (Lipinski definition) is 3. The summed E-state index contributed by atoms with van der Waals surface area (Å²) in [4.78, 5) is 35.5. The molecule has 0 saturated heterocycles. The Morgan fingerprint density at radius 2 is 1.67 bits per heavy atom. The molecule has 0 heterocycles. The predicted molar refractivity (Wildman–Crippen MR) is 136 cm³/mol. The van der Waals surface area contributed by atoms with E-state index in [1.165, 1.54) is 42.5 Å². The maximum absolute atomic E-state index is 12.9. The van der Waals surface area contributed by atoms with Crippen LogP contribution in [0.1, 0.15) is 12.0 Å². The predicted octanol–water partition coefficient (Wildman–Crippen LogP) is 2.64. The Labute approximate surface area is 237 Å². The molecule has 0 fully saturated rings. The van der Waals surface area contributed by atoms with Crippen LogP contribution in [-0.4, -0.2) is 51.7 Å². The van der Waals surface area contributed by atoms with Gasteiger partial charge in [-0.1, -0.05) is 12.1 Å². The van der Waals surface area contributed by atoms with Gasteiger partial charge in [0.25, 0.3) is 0 Å². The summed E-state index contributed by atoms with van der Waals surface area (Å²) in [5.41, 5.74) is 10.6. The van der Waals surface area contributed by atoms with Crippen LogP contribution in [0.15, 0.2) is 61.5 Å². The lowest BCUT2D eigenvalue weighted by Crippen LogP contribution is -2.44.